The van der Waals surface area contributed by atoms with E-state index in [-0.39, 0.29) is 36.4 Å². The molecule has 1 N–H and O–H groups in total. The number of guanidine groups is 1. The van der Waals surface area contributed by atoms with E-state index in [0.717, 1.165) is 70.4 Å². The highest BCUT2D eigenvalue weighted by Crippen LogP contribution is 2.13. The standard InChI is InChI=1S/C18H28N6O.HI/c1-2-19-18(21-15-17(25)23-9-5-6-10-23)24-13-11-22(12-14-24)16-7-3-4-8-20-16;/h3-4,7-8H,2,5-6,9-15H2,1H3,(H,19,21);1H. The van der Waals surface area contributed by atoms with Gasteiger partial charge in [0.15, 0.2) is 5.96 Å². The van der Waals surface area contributed by atoms with Gasteiger partial charge in [0.1, 0.15) is 12.4 Å². The van der Waals surface area contributed by atoms with Gasteiger partial charge < -0.3 is 20.0 Å². The van der Waals surface area contributed by atoms with Gasteiger partial charge >= 0.3 is 0 Å². The maximum absolute atomic E-state index is 12.2. The van der Waals surface area contributed by atoms with E-state index in [1.165, 1.54) is 0 Å². The first-order valence-electron chi connectivity index (χ1n) is 9.25. The number of nitrogens with zero attached hydrogens (tertiary/aromatic N) is 5. The first-order valence-corrected chi connectivity index (χ1v) is 9.25. The van der Waals surface area contributed by atoms with Crippen LogP contribution in [-0.2, 0) is 4.79 Å². The number of amides is 1. The van der Waals surface area contributed by atoms with Crippen molar-refractivity contribution >= 4 is 41.7 Å². The Balaban J connectivity index is 0.00000243. The normalized spacial score (nSPS) is 17.9. The van der Waals surface area contributed by atoms with Gasteiger partial charge in [-0.2, -0.15) is 0 Å². The molecule has 0 saturated carbocycles. The van der Waals surface area contributed by atoms with Crippen molar-refractivity contribution < 1.29 is 4.79 Å². The summed E-state index contributed by atoms with van der Waals surface area (Å²) in [5.74, 6) is 2.00. The number of rotatable bonds is 4. The molecule has 2 fully saturated rings. The summed E-state index contributed by atoms with van der Waals surface area (Å²) in [6, 6.07) is 6.00. The number of hydrogen-bond donors (Lipinski definition) is 1. The van der Waals surface area contributed by atoms with Crippen LogP contribution in [0, 0.1) is 0 Å². The third-order valence-electron chi connectivity index (χ3n) is 4.71. The molecule has 0 bridgehead atoms. The molecule has 2 aliphatic heterocycles. The van der Waals surface area contributed by atoms with E-state index in [1.54, 1.807) is 0 Å². The minimum atomic E-state index is 0. The Morgan fingerprint density at radius 1 is 1.12 bits per heavy atom. The lowest BCUT2D eigenvalue weighted by atomic mass is 10.3. The van der Waals surface area contributed by atoms with Crippen molar-refractivity contribution in [3.8, 4) is 0 Å². The number of anilines is 1. The zero-order valence-electron chi connectivity index (χ0n) is 15.4. The zero-order valence-corrected chi connectivity index (χ0v) is 17.8. The van der Waals surface area contributed by atoms with E-state index in [1.807, 2.05) is 29.3 Å². The van der Waals surface area contributed by atoms with E-state index < -0.39 is 0 Å². The Bertz CT molecular complexity index is 583. The van der Waals surface area contributed by atoms with Crippen molar-refractivity contribution in [2.75, 3.05) is 57.3 Å². The SMILES string of the molecule is CCNC(=NCC(=O)N1CCCC1)N1CCN(c2ccccn2)CC1.I. The van der Waals surface area contributed by atoms with E-state index in [9.17, 15) is 4.79 Å². The van der Waals surface area contributed by atoms with Gasteiger partial charge in [-0.15, -0.1) is 24.0 Å². The molecular formula is C18H29IN6O. The van der Waals surface area contributed by atoms with E-state index in [0.29, 0.717) is 0 Å². The molecule has 8 heteroatoms. The summed E-state index contributed by atoms with van der Waals surface area (Å²) in [7, 11) is 0. The Labute approximate surface area is 172 Å². The largest absolute Gasteiger partial charge is 0.357 e. The molecule has 0 atom stereocenters. The van der Waals surface area contributed by atoms with Crippen LogP contribution in [-0.4, -0.2) is 79.0 Å². The molecular weight excluding hydrogens is 443 g/mol. The lowest BCUT2D eigenvalue weighted by molar-refractivity contribution is -0.128. The number of halogens is 1. The second-order valence-electron chi connectivity index (χ2n) is 6.42. The first-order chi connectivity index (χ1) is 12.3. The fourth-order valence-corrected chi connectivity index (χ4v) is 3.32. The highest BCUT2D eigenvalue weighted by Gasteiger charge is 2.22. The molecule has 3 rings (SSSR count). The van der Waals surface area contributed by atoms with Crippen molar-refractivity contribution in [1.29, 1.82) is 0 Å². The molecule has 144 valence electrons. The topological polar surface area (TPSA) is 64.1 Å². The molecule has 2 aliphatic rings. The molecule has 7 nitrogen and oxygen atoms in total. The Morgan fingerprint density at radius 2 is 1.85 bits per heavy atom. The molecule has 0 unspecified atom stereocenters. The third kappa shape index (κ3) is 5.46. The van der Waals surface area contributed by atoms with Gasteiger partial charge in [0, 0.05) is 52.0 Å². The third-order valence-corrected chi connectivity index (χ3v) is 4.71. The number of aromatic nitrogens is 1. The van der Waals surface area contributed by atoms with Crippen LogP contribution in [0.1, 0.15) is 19.8 Å². The summed E-state index contributed by atoms with van der Waals surface area (Å²) in [6.07, 6.45) is 4.06. The number of pyridine rings is 1. The van der Waals surface area contributed by atoms with Crippen LogP contribution in [0.2, 0.25) is 0 Å². The van der Waals surface area contributed by atoms with Gasteiger partial charge in [0.05, 0.1) is 0 Å². The maximum Gasteiger partial charge on any atom is 0.244 e. The van der Waals surface area contributed by atoms with Gasteiger partial charge in [-0.05, 0) is 31.9 Å². The van der Waals surface area contributed by atoms with Gasteiger partial charge in [-0.1, -0.05) is 6.07 Å². The summed E-state index contributed by atoms with van der Waals surface area (Å²) in [4.78, 5) is 27.7. The predicted octanol–water partition coefficient (Wildman–Crippen LogP) is 1.41. The van der Waals surface area contributed by atoms with Crippen LogP contribution < -0.4 is 10.2 Å². The smallest absolute Gasteiger partial charge is 0.244 e. The van der Waals surface area contributed by atoms with Gasteiger partial charge in [-0.3, -0.25) is 4.79 Å². The van der Waals surface area contributed by atoms with Crippen LogP contribution in [0.5, 0.6) is 0 Å². The number of carbonyl (C=O) groups is 1. The number of likely N-dealkylation sites (tertiary alicyclic amines) is 1. The summed E-state index contributed by atoms with van der Waals surface area (Å²) >= 11 is 0. The summed E-state index contributed by atoms with van der Waals surface area (Å²) in [5.41, 5.74) is 0. The molecule has 0 spiro atoms. The monoisotopic (exact) mass is 472 g/mol. The second kappa shape index (κ2) is 10.5. The van der Waals surface area contributed by atoms with Crippen molar-refractivity contribution in [1.82, 2.24) is 20.1 Å². The maximum atomic E-state index is 12.2. The fourth-order valence-electron chi connectivity index (χ4n) is 3.32. The average Bonchev–Trinajstić information content (AvgIpc) is 3.21. The fraction of sp³-hybridized carbons (Fsp3) is 0.611. The van der Waals surface area contributed by atoms with Crippen molar-refractivity contribution in [2.45, 2.75) is 19.8 Å². The molecule has 0 radical (unpaired) electrons. The number of carbonyl (C=O) groups excluding carboxylic acids is 1. The van der Waals surface area contributed by atoms with Gasteiger partial charge in [-0.25, -0.2) is 9.98 Å². The Hall–Kier alpha value is -1.58. The lowest BCUT2D eigenvalue weighted by Crippen LogP contribution is -2.53. The summed E-state index contributed by atoms with van der Waals surface area (Å²) in [6.45, 7) is 8.42. The van der Waals surface area contributed by atoms with Gasteiger partial charge in [0.25, 0.3) is 0 Å². The molecule has 0 aliphatic carbocycles. The van der Waals surface area contributed by atoms with Crippen LogP contribution >= 0.6 is 24.0 Å². The minimum Gasteiger partial charge on any atom is -0.357 e. The molecule has 2 saturated heterocycles. The number of aliphatic imine (C=N–C) groups is 1. The molecule has 1 aromatic rings. The van der Waals surface area contributed by atoms with Crippen LogP contribution in [0.4, 0.5) is 5.82 Å². The molecule has 26 heavy (non-hydrogen) atoms. The quantitative estimate of drug-likeness (QED) is 0.408. The van der Waals surface area contributed by atoms with Crippen LogP contribution in [0.25, 0.3) is 0 Å². The van der Waals surface area contributed by atoms with E-state index in [2.05, 4.69) is 32.0 Å². The van der Waals surface area contributed by atoms with Crippen molar-refractivity contribution in [3.63, 3.8) is 0 Å². The van der Waals surface area contributed by atoms with Gasteiger partial charge in [0.2, 0.25) is 5.91 Å². The average molecular weight is 472 g/mol. The zero-order chi connectivity index (χ0) is 17.5. The lowest BCUT2D eigenvalue weighted by Gasteiger charge is -2.37. The molecule has 1 aromatic heterocycles. The van der Waals surface area contributed by atoms with E-state index in [4.69, 9.17) is 0 Å². The molecule has 0 aromatic carbocycles. The number of piperazine rings is 1. The predicted molar refractivity (Wildman–Crippen MR) is 115 cm³/mol. The van der Waals surface area contributed by atoms with Crippen LogP contribution in [0.3, 0.4) is 0 Å². The highest BCUT2D eigenvalue weighted by atomic mass is 127. The number of hydrogen-bond acceptors (Lipinski definition) is 4. The minimum absolute atomic E-state index is 0. The molecule has 1 amide bonds. The van der Waals surface area contributed by atoms with Crippen molar-refractivity contribution in [2.24, 2.45) is 4.99 Å². The second-order valence-corrected chi connectivity index (χ2v) is 6.42. The molecule has 3 heterocycles. The first kappa shape index (κ1) is 20.7. The Kier molecular flexibility index (Phi) is 8.40. The van der Waals surface area contributed by atoms with E-state index >= 15 is 0 Å². The summed E-state index contributed by atoms with van der Waals surface area (Å²) < 4.78 is 0. The van der Waals surface area contributed by atoms with Crippen LogP contribution in [0.15, 0.2) is 29.4 Å². The Morgan fingerprint density at radius 3 is 2.46 bits per heavy atom. The number of nitrogens with one attached hydrogen (secondary N) is 1. The summed E-state index contributed by atoms with van der Waals surface area (Å²) in [5, 5.41) is 3.32. The van der Waals surface area contributed by atoms with Crippen molar-refractivity contribution in [3.05, 3.63) is 24.4 Å². The highest BCUT2D eigenvalue weighted by molar-refractivity contribution is 14.0.